The molecule has 0 unspecified atom stereocenters. The lowest BCUT2D eigenvalue weighted by Gasteiger charge is -2.18. The number of benzene rings is 1. The fourth-order valence-corrected chi connectivity index (χ4v) is 2.45. The van der Waals surface area contributed by atoms with Gasteiger partial charge in [0.25, 0.3) is 0 Å². The summed E-state index contributed by atoms with van der Waals surface area (Å²) >= 11 is 2.22. The molecule has 0 heterocycles. The number of rotatable bonds is 6. The van der Waals surface area contributed by atoms with Crippen LogP contribution >= 0.6 is 22.6 Å². The zero-order chi connectivity index (χ0) is 15.1. The Kier molecular flexibility index (Phi) is 6.98. The van der Waals surface area contributed by atoms with Crippen molar-refractivity contribution in [1.82, 2.24) is 5.32 Å². The highest BCUT2D eigenvalue weighted by molar-refractivity contribution is 14.1. The number of esters is 1. The lowest BCUT2D eigenvalue weighted by molar-refractivity contribution is -0.145. The molecule has 20 heavy (non-hydrogen) atoms. The maximum Gasteiger partial charge on any atom is 0.328 e. The summed E-state index contributed by atoms with van der Waals surface area (Å²) in [6.07, 6.45) is 0.842. The first-order chi connectivity index (χ1) is 9.43. The van der Waals surface area contributed by atoms with Crippen molar-refractivity contribution in [2.45, 2.75) is 32.7 Å². The lowest BCUT2D eigenvalue weighted by Crippen LogP contribution is -2.43. The number of methoxy groups -OCH3 is 1. The minimum atomic E-state index is -0.637. The summed E-state index contributed by atoms with van der Waals surface area (Å²) in [7, 11) is 1.33. The monoisotopic (exact) mass is 389 g/mol. The average Bonchev–Trinajstić information content (AvgIpc) is 2.38. The van der Waals surface area contributed by atoms with Crippen LogP contribution in [0.15, 0.2) is 24.3 Å². The predicted octanol–water partition coefficient (Wildman–Crippen LogP) is 2.54. The van der Waals surface area contributed by atoms with E-state index in [1.165, 1.54) is 7.11 Å². The third-order valence-electron chi connectivity index (χ3n) is 2.80. The van der Waals surface area contributed by atoms with E-state index in [9.17, 15) is 9.59 Å². The molecule has 1 aromatic carbocycles. The third kappa shape index (κ3) is 5.48. The van der Waals surface area contributed by atoms with Crippen LogP contribution in [0.25, 0.3) is 0 Å². The number of nitrogens with one attached hydrogen (secondary N) is 1. The molecular formula is C15H20INO3. The van der Waals surface area contributed by atoms with Crippen LogP contribution < -0.4 is 5.32 Å². The summed E-state index contributed by atoms with van der Waals surface area (Å²) in [5, 5.41) is 2.76. The van der Waals surface area contributed by atoms with E-state index in [0.29, 0.717) is 12.8 Å². The molecule has 0 radical (unpaired) electrons. The zero-order valence-electron chi connectivity index (χ0n) is 12.0. The maximum atomic E-state index is 11.8. The molecule has 110 valence electrons. The normalized spacial score (nSPS) is 12.1. The molecule has 0 aromatic heterocycles. The largest absolute Gasteiger partial charge is 0.467 e. The van der Waals surface area contributed by atoms with Gasteiger partial charge in [-0.1, -0.05) is 32.0 Å². The topological polar surface area (TPSA) is 55.4 Å². The molecule has 1 rings (SSSR count). The second kappa shape index (κ2) is 8.24. The molecule has 0 fully saturated rings. The Morgan fingerprint density at radius 3 is 2.50 bits per heavy atom. The standard InChI is InChI=1S/C15H20INO3/c1-10(2)8-14(18)17-13(15(19)20-3)9-11-6-4-5-7-12(11)16/h4-7,10,13H,8-9H2,1-3H3,(H,17,18)/t13-/m0/s1. The van der Waals surface area contributed by atoms with E-state index in [1.54, 1.807) is 0 Å². The van der Waals surface area contributed by atoms with E-state index in [4.69, 9.17) is 4.74 Å². The van der Waals surface area contributed by atoms with Crippen LogP contribution in [-0.2, 0) is 20.7 Å². The molecule has 0 aliphatic carbocycles. The second-order valence-electron chi connectivity index (χ2n) is 5.04. The SMILES string of the molecule is COC(=O)[C@H](Cc1ccccc1I)NC(=O)CC(C)C. The second-order valence-corrected chi connectivity index (χ2v) is 6.20. The summed E-state index contributed by atoms with van der Waals surface area (Å²) in [5.74, 6) is -0.284. The Balaban J connectivity index is 2.78. The van der Waals surface area contributed by atoms with E-state index >= 15 is 0 Å². The molecule has 1 aromatic rings. The Morgan fingerprint density at radius 2 is 1.95 bits per heavy atom. The number of halogens is 1. The minimum absolute atomic E-state index is 0.124. The van der Waals surface area contributed by atoms with Gasteiger partial charge in [0, 0.05) is 16.4 Å². The maximum absolute atomic E-state index is 11.8. The van der Waals surface area contributed by atoms with Gasteiger partial charge in [0.1, 0.15) is 6.04 Å². The van der Waals surface area contributed by atoms with Gasteiger partial charge >= 0.3 is 5.97 Å². The van der Waals surface area contributed by atoms with Crippen molar-refractivity contribution in [3.05, 3.63) is 33.4 Å². The predicted molar refractivity (Wildman–Crippen MR) is 86.3 cm³/mol. The summed E-state index contributed by atoms with van der Waals surface area (Å²) in [5.41, 5.74) is 1.02. The van der Waals surface area contributed by atoms with Crippen LogP contribution in [-0.4, -0.2) is 25.0 Å². The van der Waals surface area contributed by atoms with E-state index in [0.717, 1.165) is 9.13 Å². The smallest absolute Gasteiger partial charge is 0.328 e. The molecule has 0 saturated carbocycles. The highest BCUT2D eigenvalue weighted by Gasteiger charge is 2.22. The van der Waals surface area contributed by atoms with Crippen molar-refractivity contribution in [3.63, 3.8) is 0 Å². The van der Waals surface area contributed by atoms with E-state index in [-0.39, 0.29) is 11.8 Å². The van der Waals surface area contributed by atoms with Crippen molar-refractivity contribution in [3.8, 4) is 0 Å². The van der Waals surface area contributed by atoms with Gasteiger partial charge in [-0.25, -0.2) is 4.79 Å². The van der Waals surface area contributed by atoms with E-state index in [2.05, 4.69) is 27.9 Å². The Morgan fingerprint density at radius 1 is 1.30 bits per heavy atom. The summed E-state index contributed by atoms with van der Waals surface area (Å²) in [4.78, 5) is 23.6. The molecular weight excluding hydrogens is 369 g/mol. The van der Waals surface area contributed by atoms with Gasteiger partial charge in [-0.15, -0.1) is 0 Å². The van der Waals surface area contributed by atoms with Crippen molar-refractivity contribution < 1.29 is 14.3 Å². The van der Waals surface area contributed by atoms with Gasteiger partial charge in [-0.2, -0.15) is 0 Å². The van der Waals surface area contributed by atoms with Crippen molar-refractivity contribution in [2.24, 2.45) is 5.92 Å². The van der Waals surface area contributed by atoms with Crippen LogP contribution in [0.3, 0.4) is 0 Å². The Labute approximate surface area is 133 Å². The number of carbonyl (C=O) groups excluding carboxylic acids is 2. The highest BCUT2D eigenvalue weighted by Crippen LogP contribution is 2.14. The first-order valence-electron chi connectivity index (χ1n) is 6.54. The molecule has 5 heteroatoms. The first kappa shape index (κ1) is 16.9. The lowest BCUT2D eigenvalue weighted by atomic mass is 10.0. The fourth-order valence-electron chi connectivity index (χ4n) is 1.84. The van der Waals surface area contributed by atoms with Crippen LogP contribution in [0.5, 0.6) is 0 Å². The quantitative estimate of drug-likeness (QED) is 0.601. The van der Waals surface area contributed by atoms with Crippen LogP contribution in [0, 0.1) is 9.49 Å². The number of hydrogen-bond donors (Lipinski definition) is 1. The van der Waals surface area contributed by atoms with Crippen LogP contribution in [0.2, 0.25) is 0 Å². The van der Waals surface area contributed by atoms with E-state index < -0.39 is 12.0 Å². The molecule has 0 aliphatic rings. The van der Waals surface area contributed by atoms with Crippen molar-refractivity contribution in [2.75, 3.05) is 7.11 Å². The van der Waals surface area contributed by atoms with Gasteiger partial charge in [0.15, 0.2) is 0 Å². The summed E-state index contributed by atoms with van der Waals surface area (Å²) in [6.45, 7) is 3.93. The highest BCUT2D eigenvalue weighted by atomic mass is 127. The van der Waals surface area contributed by atoms with Gasteiger partial charge in [0.2, 0.25) is 5.91 Å². The Bertz CT molecular complexity index is 474. The molecule has 4 nitrogen and oxygen atoms in total. The van der Waals surface area contributed by atoms with E-state index in [1.807, 2.05) is 38.1 Å². The Hall–Kier alpha value is -1.11. The first-order valence-corrected chi connectivity index (χ1v) is 7.62. The summed E-state index contributed by atoms with van der Waals surface area (Å²) < 4.78 is 5.84. The van der Waals surface area contributed by atoms with Gasteiger partial charge in [-0.3, -0.25) is 4.79 Å². The minimum Gasteiger partial charge on any atom is -0.467 e. The van der Waals surface area contributed by atoms with Gasteiger partial charge in [-0.05, 0) is 40.1 Å². The fraction of sp³-hybridized carbons (Fsp3) is 0.467. The number of hydrogen-bond acceptors (Lipinski definition) is 3. The van der Waals surface area contributed by atoms with Gasteiger partial charge in [0.05, 0.1) is 7.11 Å². The van der Waals surface area contributed by atoms with Gasteiger partial charge < -0.3 is 10.1 Å². The molecule has 0 saturated heterocycles. The number of carbonyl (C=O) groups is 2. The van der Waals surface area contributed by atoms with Crippen molar-refractivity contribution in [1.29, 1.82) is 0 Å². The molecule has 0 spiro atoms. The molecule has 1 atom stereocenters. The zero-order valence-corrected chi connectivity index (χ0v) is 14.1. The molecule has 1 N–H and O–H groups in total. The average molecular weight is 389 g/mol. The number of ether oxygens (including phenoxy) is 1. The van der Waals surface area contributed by atoms with Crippen molar-refractivity contribution >= 4 is 34.5 Å². The van der Waals surface area contributed by atoms with Crippen LogP contribution in [0.1, 0.15) is 25.8 Å². The number of amides is 1. The summed E-state index contributed by atoms with van der Waals surface area (Å²) in [6, 6.07) is 7.14. The third-order valence-corrected chi connectivity index (χ3v) is 3.85. The molecule has 0 bridgehead atoms. The van der Waals surface area contributed by atoms with Crippen LogP contribution in [0.4, 0.5) is 0 Å². The molecule has 0 aliphatic heterocycles. The molecule has 1 amide bonds.